The van der Waals surface area contributed by atoms with E-state index >= 15 is 0 Å². The molecule has 1 aromatic carbocycles. The van der Waals surface area contributed by atoms with Crippen molar-refractivity contribution in [3.8, 4) is 0 Å². The zero-order chi connectivity index (χ0) is 14.1. The average molecular weight is 271 g/mol. The number of carboxylic acid groups (broad SMARTS) is 1. The van der Waals surface area contributed by atoms with Gasteiger partial charge >= 0.3 is 5.97 Å². The molecule has 2 aromatic rings. The van der Waals surface area contributed by atoms with Crippen LogP contribution in [0.15, 0.2) is 36.5 Å². The topological polar surface area (TPSA) is 86.3 Å². The number of carboxylic acids is 1. The van der Waals surface area contributed by atoms with Gasteiger partial charge < -0.3 is 10.0 Å². The van der Waals surface area contributed by atoms with Crippen LogP contribution in [-0.4, -0.2) is 33.7 Å². The van der Waals surface area contributed by atoms with Crippen LogP contribution < -0.4 is 4.90 Å². The molecule has 6 heteroatoms. The van der Waals surface area contributed by atoms with Crippen LogP contribution in [-0.2, 0) is 4.79 Å². The number of para-hydroxylation sites is 1. The second-order valence-corrected chi connectivity index (χ2v) is 4.74. The maximum absolute atomic E-state index is 12.4. The number of hydrogen-bond donors (Lipinski definition) is 2. The lowest BCUT2D eigenvalue weighted by Crippen LogP contribution is -2.30. The van der Waals surface area contributed by atoms with Crippen molar-refractivity contribution in [2.24, 2.45) is 0 Å². The predicted molar refractivity (Wildman–Crippen MR) is 71.7 cm³/mol. The predicted octanol–water partition coefficient (Wildman–Crippen LogP) is 1.63. The molecule has 0 saturated carbocycles. The summed E-state index contributed by atoms with van der Waals surface area (Å²) < 4.78 is 0. The van der Waals surface area contributed by atoms with Crippen molar-refractivity contribution in [2.45, 2.75) is 12.3 Å². The maximum Gasteiger partial charge on any atom is 0.304 e. The average Bonchev–Trinajstić information content (AvgIpc) is 3.06. The summed E-state index contributed by atoms with van der Waals surface area (Å²) in [7, 11) is 0. The summed E-state index contributed by atoms with van der Waals surface area (Å²) in [6, 6.07) is 9.02. The first kappa shape index (κ1) is 12.4. The molecule has 0 radical (unpaired) electrons. The Hall–Kier alpha value is -2.63. The number of hydrogen-bond acceptors (Lipinski definition) is 3. The van der Waals surface area contributed by atoms with E-state index in [4.69, 9.17) is 5.11 Å². The molecular formula is C14H13N3O3. The van der Waals surface area contributed by atoms with E-state index in [2.05, 4.69) is 10.2 Å². The Bertz CT molecular complexity index is 651. The molecule has 3 rings (SSSR count). The Morgan fingerprint density at radius 2 is 2.15 bits per heavy atom. The van der Waals surface area contributed by atoms with Crippen LogP contribution in [0.2, 0.25) is 0 Å². The Labute approximate surface area is 115 Å². The molecule has 1 aliphatic rings. The number of rotatable bonds is 3. The van der Waals surface area contributed by atoms with Gasteiger partial charge in [0, 0.05) is 24.3 Å². The monoisotopic (exact) mass is 271 g/mol. The summed E-state index contributed by atoms with van der Waals surface area (Å²) in [5.74, 6) is -1.22. The fourth-order valence-electron chi connectivity index (χ4n) is 2.59. The normalized spacial score (nSPS) is 17.0. The quantitative estimate of drug-likeness (QED) is 0.888. The number of nitrogens with zero attached hydrogens (tertiary/aromatic N) is 2. The Morgan fingerprint density at radius 3 is 2.85 bits per heavy atom. The van der Waals surface area contributed by atoms with Gasteiger partial charge in [-0.2, -0.15) is 5.10 Å². The van der Waals surface area contributed by atoms with Crippen molar-refractivity contribution < 1.29 is 14.7 Å². The molecule has 0 fully saturated rings. The molecule has 6 nitrogen and oxygen atoms in total. The highest BCUT2D eigenvalue weighted by Gasteiger charge is 2.34. The number of aromatic amines is 1. The Balaban J connectivity index is 1.94. The van der Waals surface area contributed by atoms with E-state index in [-0.39, 0.29) is 18.2 Å². The van der Waals surface area contributed by atoms with Gasteiger partial charge in [0.15, 0.2) is 0 Å². The fraction of sp³-hybridized carbons (Fsp3) is 0.214. The third kappa shape index (κ3) is 2.05. The molecular weight excluding hydrogens is 258 g/mol. The van der Waals surface area contributed by atoms with E-state index in [1.165, 1.54) is 6.20 Å². The van der Waals surface area contributed by atoms with Gasteiger partial charge in [0.1, 0.15) is 5.69 Å². The van der Waals surface area contributed by atoms with Crippen LogP contribution in [0, 0.1) is 0 Å². The molecule has 1 unspecified atom stereocenters. The molecule has 1 atom stereocenters. The van der Waals surface area contributed by atoms with Crippen molar-refractivity contribution in [3.05, 3.63) is 47.8 Å². The first-order valence-corrected chi connectivity index (χ1v) is 6.29. The summed E-state index contributed by atoms with van der Waals surface area (Å²) in [5, 5.41) is 15.4. The van der Waals surface area contributed by atoms with Gasteiger partial charge in [-0.3, -0.25) is 14.7 Å². The van der Waals surface area contributed by atoms with Crippen molar-refractivity contribution in [1.82, 2.24) is 10.2 Å². The molecule has 0 bridgehead atoms. The highest BCUT2D eigenvalue weighted by molar-refractivity contribution is 6.06. The van der Waals surface area contributed by atoms with E-state index in [9.17, 15) is 9.59 Å². The number of amides is 1. The molecule has 0 saturated heterocycles. The maximum atomic E-state index is 12.4. The molecule has 0 aliphatic carbocycles. The van der Waals surface area contributed by atoms with E-state index in [1.807, 2.05) is 24.3 Å². The number of benzene rings is 1. The molecule has 2 heterocycles. The molecule has 0 spiro atoms. The Kier molecular flexibility index (Phi) is 2.98. The minimum Gasteiger partial charge on any atom is -0.481 e. The van der Waals surface area contributed by atoms with E-state index in [0.29, 0.717) is 12.2 Å². The molecule has 1 amide bonds. The van der Waals surface area contributed by atoms with Gasteiger partial charge in [-0.25, -0.2) is 0 Å². The highest BCUT2D eigenvalue weighted by atomic mass is 16.4. The zero-order valence-electron chi connectivity index (χ0n) is 10.6. The second-order valence-electron chi connectivity index (χ2n) is 4.74. The van der Waals surface area contributed by atoms with Gasteiger partial charge in [-0.15, -0.1) is 0 Å². The van der Waals surface area contributed by atoms with Crippen molar-refractivity contribution >= 4 is 17.6 Å². The number of carbonyl (C=O) groups excluding carboxylic acids is 1. The lowest BCUT2D eigenvalue weighted by molar-refractivity contribution is -0.137. The van der Waals surface area contributed by atoms with Crippen LogP contribution in [0.1, 0.15) is 28.4 Å². The van der Waals surface area contributed by atoms with Gasteiger partial charge in [-0.1, -0.05) is 18.2 Å². The summed E-state index contributed by atoms with van der Waals surface area (Å²) in [6.07, 6.45) is 1.54. The van der Waals surface area contributed by atoms with Crippen LogP contribution in [0.4, 0.5) is 5.69 Å². The van der Waals surface area contributed by atoms with Gasteiger partial charge in [0.05, 0.1) is 6.42 Å². The molecule has 20 heavy (non-hydrogen) atoms. The lowest BCUT2D eigenvalue weighted by Gasteiger charge is -2.16. The van der Waals surface area contributed by atoms with Crippen molar-refractivity contribution in [1.29, 1.82) is 0 Å². The van der Waals surface area contributed by atoms with Crippen molar-refractivity contribution in [2.75, 3.05) is 11.4 Å². The third-order valence-corrected chi connectivity index (χ3v) is 3.47. The largest absolute Gasteiger partial charge is 0.481 e. The van der Waals surface area contributed by atoms with E-state index in [1.54, 1.807) is 11.0 Å². The van der Waals surface area contributed by atoms with E-state index < -0.39 is 5.97 Å². The highest BCUT2D eigenvalue weighted by Crippen LogP contribution is 2.38. The zero-order valence-corrected chi connectivity index (χ0v) is 10.6. The second kappa shape index (κ2) is 4.80. The number of H-pyrrole nitrogens is 1. The smallest absolute Gasteiger partial charge is 0.304 e. The lowest BCUT2D eigenvalue weighted by atomic mass is 9.98. The molecule has 1 aromatic heterocycles. The van der Waals surface area contributed by atoms with Crippen LogP contribution in [0.3, 0.4) is 0 Å². The van der Waals surface area contributed by atoms with Crippen LogP contribution in [0.5, 0.6) is 0 Å². The van der Waals surface area contributed by atoms with Crippen LogP contribution >= 0.6 is 0 Å². The Morgan fingerprint density at radius 1 is 1.35 bits per heavy atom. The number of aromatic nitrogens is 2. The first-order valence-electron chi connectivity index (χ1n) is 6.29. The van der Waals surface area contributed by atoms with Gasteiger partial charge in [0.25, 0.3) is 5.91 Å². The third-order valence-electron chi connectivity index (χ3n) is 3.47. The summed E-state index contributed by atoms with van der Waals surface area (Å²) in [5.41, 5.74) is 2.08. The number of anilines is 1. The number of aliphatic carboxylic acids is 1. The number of fused-ring (bicyclic) bond motifs is 1. The number of carbonyl (C=O) groups is 2. The summed E-state index contributed by atoms with van der Waals surface area (Å²) in [4.78, 5) is 25.0. The fourth-order valence-corrected chi connectivity index (χ4v) is 2.59. The SMILES string of the molecule is O=C(O)CC1CN(C(=O)c2ccn[nH]2)c2ccccc21. The van der Waals surface area contributed by atoms with Crippen molar-refractivity contribution in [3.63, 3.8) is 0 Å². The molecule has 102 valence electrons. The standard InChI is InChI=1S/C14H13N3O3/c18-13(19)7-9-8-17(12-4-2-1-3-10(9)12)14(20)11-5-6-15-16-11/h1-6,9H,7-8H2,(H,15,16)(H,18,19). The minimum absolute atomic E-state index is 0.0176. The summed E-state index contributed by atoms with van der Waals surface area (Å²) >= 11 is 0. The molecule has 2 N–H and O–H groups in total. The number of nitrogens with one attached hydrogen (secondary N) is 1. The van der Waals surface area contributed by atoms with E-state index in [0.717, 1.165) is 11.3 Å². The molecule has 1 aliphatic heterocycles. The summed E-state index contributed by atoms with van der Waals surface area (Å²) in [6.45, 7) is 0.378. The minimum atomic E-state index is -0.861. The van der Waals surface area contributed by atoms with Crippen LogP contribution in [0.25, 0.3) is 0 Å². The van der Waals surface area contributed by atoms with Gasteiger partial charge in [0.2, 0.25) is 0 Å². The first-order chi connectivity index (χ1) is 9.66. The van der Waals surface area contributed by atoms with Gasteiger partial charge in [-0.05, 0) is 17.7 Å².